The number of nitrogens with zero attached hydrogens (tertiary/aromatic N) is 1. The molecule has 0 unspecified atom stereocenters. The molecule has 0 aliphatic rings. The van der Waals surface area contributed by atoms with Crippen LogP contribution in [0.2, 0.25) is 0 Å². The summed E-state index contributed by atoms with van der Waals surface area (Å²) in [6.07, 6.45) is 0. The molecule has 0 saturated heterocycles. The van der Waals surface area contributed by atoms with Gasteiger partial charge in [0.05, 0.1) is 5.75 Å². The highest BCUT2D eigenvalue weighted by Gasteiger charge is 2.14. The van der Waals surface area contributed by atoms with Gasteiger partial charge in [-0.3, -0.25) is 0 Å². The van der Waals surface area contributed by atoms with Crippen molar-refractivity contribution in [3.05, 3.63) is 64.3 Å². The van der Waals surface area contributed by atoms with E-state index in [-0.39, 0.29) is 0 Å². The van der Waals surface area contributed by atoms with Crippen molar-refractivity contribution in [1.82, 2.24) is 4.98 Å². The molecule has 3 rings (SSSR count). The molecule has 121 valence electrons. The number of para-hydroxylation sites is 1. The van der Waals surface area contributed by atoms with Crippen LogP contribution in [0.5, 0.6) is 11.5 Å². The highest BCUT2D eigenvalue weighted by molar-refractivity contribution is 6.21. The smallest absolute Gasteiger partial charge is 0.615 e. The fourth-order valence-electron chi connectivity index (χ4n) is 2.79. The Labute approximate surface area is 150 Å². The molecule has 24 heavy (non-hydrogen) atoms. The van der Waals surface area contributed by atoms with Crippen molar-refractivity contribution in [3.8, 4) is 11.5 Å². The third-order valence-corrected chi connectivity index (χ3v) is 5.14. The van der Waals surface area contributed by atoms with E-state index in [2.05, 4.69) is 44.8 Å². The monoisotopic (exact) mass is 334 g/mol. The number of benzene rings is 2. The number of hydrogen-bond acceptors (Lipinski definition) is 3. The van der Waals surface area contributed by atoms with Gasteiger partial charge in [-0.2, -0.15) is 0 Å². The van der Waals surface area contributed by atoms with Crippen LogP contribution in [-0.2, 0) is 0 Å². The Morgan fingerprint density at radius 1 is 0.833 bits per heavy atom. The average Bonchev–Trinajstić information content (AvgIpc) is 2.56. The molecular weight excluding hydrogens is 313 g/mol. The molecule has 0 bridgehead atoms. The lowest BCUT2D eigenvalue weighted by atomic mass is 10.0. The van der Waals surface area contributed by atoms with Crippen molar-refractivity contribution in [1.29, 1.82) is 0 Å². The maximum atomic E-state index is 6.05. The van der Waals surface area contributed by atoms with Crippen LogP contribution in [0.3, 0.4) is 0 Å². The molecule has 2 aromatic carbocycles. The molecule has 1 radical (unpaired) electrons. The predicted molar refractivity (Wildman–Crippen MR) is 98.9 cm³/mol. The van der Waals surface area contributed by atoms with E-state index in [0.29, 0.717) is 0 Å². The van der Waals surface area contributed by atoms with Crippen LogP contribution in [0, 0.1) is 34.6 Å². The molecule has 1 aromatic heterocycles. The summed E-state index contributed by atoms with van der Waals surface area (Å²) < 4.78 is 12.0. The Balaban J connectivity index is 1.82. The summed E-state index contributed by atoms with van der Waals surface area (Å²) in [6.45, 7) is 10.4. The first-order chi connectivity index (χ1) is 11.5. The first kappa shape index (κ1) is 16.8. The maximum Gasteiger partial charge on any atom is 0.881 e. The van der Waals surface area contributed by atoms with Crippen LogP contribution in [0.25, 0.3) is 10.9 Å². The summed E-state index contributed by atoms with van der Waals surface area (Å²) in [6, 6.07) is 12.3. The minimum absolute atomic E-state index is 0.654. The second-order valence-electron chi connectivity index (χ2n) is 6.20. The topological polar surface area (TPSA) is 31.4 Å². The lowest BCUT2D eigenvalue weighted by molar-refractivity contribution is 0.456. The van der Waals surface area contributed by atoms with E-state index in [1.165, 1.54) is 22.3 Å². The molecule has 0 aliphatic heterocycles. The molecule has 0 N–H and O–H groups in total. The zero-order valence-electron chi connectivity index (χ0n) is 14.8. The highest BCUT2D eigenvalue weighted by Crippen LogP contribution is 2.29. The Hall–Kier alpha value is -2.02. The molecule has 4 heteroatoms. The van der Waals surface area contributed by atoms with Crippen LogP contribution in [0.4, 0.5) is 0 Å². The van der Waals surface area contributed by atoms with Crippen molar-refractivity contribution in [2.45, 2.75) is 34.6 Å². The molecule has 0 saturated carbocycles. The predicted octanol–water partition coefficient (Wildman–Crippen LogP) is 4.77. The van der Waals surface area contributed by atoms with Crippen molar-refractivity contribution >= 4 is 26.8 Å². The van der Waals surface area contributed by atoms with E-state index >= 15 is 0 Å². The lowest BCUT2D eigenvalue weighted by Crippen LogP contribution is -2.13. The van der Waals surface area contributed by atoms with Crippen molar-refractivity contribution in [2.75, 3.05) is 0 Å². The minimum atomic E-state index is -0.654. The molecule has 3 aromatic rings. The second-order valence-corrected chi connectivity index (χ2v) is 6.87. The molecule has 0 aliphatic carbocycles. The van der Waals surface area contributed by atoms with Crippen molar-refractivity contribution in [3.63, 3.8) is 0 Å². The van der Waals surface area contributed by atoms with Crippen LogP contribution in [-0.4, -0.2) is 20.9 Å². The van der Waals surface area contributed by atoms with E-state index in [4.69, 9.17) is 7.58 Å². The summed E-state index contributed by atoms with van der Waals surface area (Å²) >= 11 is -0.654. The number of fused-ring (bicyclic) bond motifs is 1. The summed E-state index contributed by atoms with van der Waals surface area (Å²) in [5.74, 6) is 1.73. The van der Waals surface area contributed by atoms with E-state index < -0.39 is 15.9 Å². The lowest BCUT2D eigenvalue weighted by Gasteiger charge is -2.17. The van der Waals surface area contributed by atoms with Gasteiger partial charge in [-0.1, -0.05) is 24.3 Å². The van der Waals surface area contributed by atoms with E-state index in [0.717, 1.165) is 28.1 Å². The quantitative estimate of drug-likeness (QED) is 0.644. The molecule has 0 amide bonds. The summed E-state index contributed by atoms with van der Waals surface area (Å²) in [5, 5.41) is 1.08. The fourth-order valence-corrected chi connectivity index (χ4v) is 3.59. The van der Waals surface area contributed by atoms with E-state index in [1.54, 1.807) is 0 Å². The Bertz CT molecular complexity index is 880. The summed E-state index contributed by atoms with van der Waals surface area (Å²) in [7, 11) is 0. The minimum Gasteiger partial charge on any atom is -0.615 e. The summed E-state index contributed by atoms with van der Waals surface area (Å²) in [4.78, 5) is 4.60. The molecular formula is C20H21AlNO2. The van der Waals surface area contributed by atoms with Gasteiger partial charge in [0.25, 0.3) is 0 Å². The van der Waals surface area contributed by atoms with Gasteiger partial charge in [-0.25, -0.2) is 4.98 Å². The maximum absolute atomic E-state index is 6.05. The summed E-state index contributed by atoms with van der Waals surface area (Å²) in [5.41, 5.74) is 6.73. The third-order valence-electron chi connectivity index (χ3n) is 4.46. The van der Waals surface area contributed by atoms with Gasteiger partial charge in [0, 0.05) is 11.1 Å². The fraction of sp³-hybridized carbons (Fsp3) is 0.250. The van der Waals surface area contributed by atoms with Crippen molar-refractivity contribution < 1.29 is 7.58 Å². The van der Waals surface area contributed by atoms with Gasteiger partial charge in [0.1, 0.15) is 11.3 Å². The second kappa shape index (κ2) is 6.85. The van der Waals surface area contributed by atoms with Crippen LogP contribution < -0.4 is 7.58 Å². The normalized spacial score (nSPS) is 10.7. The van der Waals surface area contributed by atoms with Gasteiger partial charge >= 0.3 is 15.9 Å². The average molecular weight is 334 g/mol. The first-order valence-electron chi connectivity index (χ1n) is 8.06. The molecule has 3 nitrogen and oxygen atoms in total. The van der Waals surface area contributed by atoms with E-state index in [9.17, 15) is 0 Å². The molecule has 0 atom stereocenters. The zero-order chi connectivity index (χ0) is 17.3. The first-order valence-corrected chi connectivity index (χ1v) is 9.00. The molecule has 0 fully saturated rings. The Kier molecular flexibility index (Phi) is 4.80. The van der Waals surface area contributed by atoms with Crippen LogP contribution >= 0.6 is 0 Å². The van der Waals surface area contributed by atoms with Gasteiger partial charge in [0.2, 0.25) is 0 Å². The number of aryl methyl sites for hydroxylation is 3. The SMILES string of the molecule is Cc1ccc2cccc([O][Al][O]c3c(C)c(C)cc(C)c3C)c2n1. The van der Waals surface area contributed by atoms with Gasteiger partial charge in [-0.05, 0) is 69.0 Å². The zero-order valence-corrected chi connectivity index (χ0v) is 16.0. The number of pyridine rings is 1. The number of hydrogen-bond donors (Lipinski definition) is 0. The van der Waals surface area contributed by atoms with Gasteiger partial charge in [0.15, 0.2) is 0 Å². The van der Waals surface area contributed by atoms with Crippen LogP contribution in [0.1, 0.15) is 27.9 Å². The van der Waals surface area contributed by atoms with Crippen molar-refractivity contribution in [2.24, 2.45) is 0 Å². The Morgan fingerprint density at radius 3 is 2.25 bits per heavy atom. The molecule has 0 spiro atoms. The standard InChI is InChI=1S/C10H9NO.C10H14O.Al/c1-7-5-6-8-3-2-4-9(12)10(8)11-7;1-6-5-7(2)9(4)10(11)8(6)3;/h2-6,12H,1H3;5,11H,1-4H3;/q;;+2/p-2. The number of rotatable bonds is 4. The van der Waals surface area contributed by atoms with E-state index in [1.807, 2.05) is 31.2 Å². The Morgan fingerprint density at radius 2 is 1.54 bits per heavy atom. The highest BCUT2D eigenvalue weighted by atomic mass is 27.2. The largest absolute Gasteiger partial charge is 0.881 e. The van der Waals surface area contributed by atoms with Crippen LogP contribution in [0.15, 0.2) is 36.4 Å². The molecule has 1 heterocycles. The van der Waals surface area contributed by atoms with Gasteiger partial charge < -0.3 is 7.58 Å². The van der Waals surface area contributed by atoms with Gasteiger partial charge in [-0.15, -0.1) is 0 Å². The third kappa shape index (κ3) is 3.26. The number of aromatic nitrogens is 1.